The number of anilines is 2. The monoisotopic (exact) mass is 245 g/mol. The number of hydrogen-bond acceptors (Lipinski definition) is 4. The minimum atomic E-state index is -0.357. The maximum Gasteiger partial charge on any atom is 0.248 e. The van der Waals surface area contributed by atoms with E-state index in [1.807, 2.05) is 0 Å². The molecule has 0 bridgehead atoms. The van der Waals surface area contributed by atoms with Gasteiger partial charge in [-0.15, -0.1) is 0 Å². The first-order valence-corrected chi connectivity index (χ1v) is 5.64. The quantitative estimate of drug-likeness (QED) is 0.856. The second-order valence-electron chi connectivity index (χ2n) is 3.83. The molecule has 18 heavy (non-hydrogen) atoms. The van der Waals surface area contributed by atoms with Crippen molar-refractivity contribution in [2.45, 2.75) is 13.0 Å². The molecule has 2 N–H and O–H groups in total. The number of carbonyl (C=O) groups excluding carboxylic acids is 1. The van der Waals surface area contributed by atoms with E-state index in [2.05, 4.69) is 20.7 Å². The lowest BCUT2D eigenvalue weighted by atomic mass is 10.3. The van der Waals surface area contributed by atoms with Crippen molar-refractivity contribution in [3.8, 4) is 0 Å². The summed E-state index contributed by atoms with van der Waals surface area (Å²) in [6.45, 7) is 1.79. The molecule has 0 fully saturated rings. The van der Waals surface area contributed by atoms with Crippen molar-refractivity contribution in [1.29, 1.82) is 0 Å². The van der Waals surface area contributed by atoms with Gasteiger partial charge in [-0.1, -0.05) is 0 Å². The molecule has 0 aliphatic carbocycles. The number of amides is 1. The fraction of sp³-hybridized carbons (Fsp3) is 0.250. The van der Waals surface area contributed by atoms with Crippen LogP contribution in [0.4, 0.5) is 11.5 Å². The normalized spacial score (nSPS) is 11.9. The third-order valence-electron chi connectivity index (χ3n) is 2.59. The van der Waals surface area contributed by atoms with E-state index in [1.165, 1.54) is 0 Å². The van der Waals surface area contributed by atoms with E-state index < -0.39 is 0 Å². The van der Waals surface area contributed by atoms with Crippen LogP contribution in [0.5, 0.6) is 0 Å². The Labute approximate surface area is 105 Å². The van der Waals surface area contributed by atoms with Crippen LogP contribution in [0.15, 0.2) is 36.8 Å². The number of nitrogens with zero attached hydrogens (tertiary/aromatic N) is 3. The SMILES string of the molecule is CNc1ccc(NC(=O)C(C)n2cccn2)cn1. The molecule has 0 saturated heterocycles. The summed E-state index contributed by atoms with van der Waals surface area (Å²) >= 11 is 0. The number of hydrogen-bond donors (Lipinski definition) is 2. The molecule has 0 spiro atoms. The van der Waals surface area contributed by atoms with Crippen molar-refractivity contribution < 1.29 is 4.79 Å². The maximum atomic E-state index is 11.9. The Kier molecular flexibility index (Phi) is 3.57. The van der Waals surface area contributed by atoms with E-state index in [-0.39, 0.29) is 11.9 Å². The Morgan fingerprint density at radius 3 is 2.83 bits per heavy atom. The van der Waals surface area contributed by atoms with Gasteiger partial charge in [0.05, 0.1) is 11.9 Å². The Balaban J connectivity index is 2.02. The molecule has 2 heterocycles. The molecule has 2 rings (SSSR count). The standard InChI is InChI=1S/C12H15N5O/c1-9(17-7-3-6-15-17)12(18)16-10-4-5-11(13-2)14-8-10/h3-9H,1-2H3,(H,13,14)(H,16,18). The van der Waals surface area contributed by atoms with E-state index in [1.54, 1.807) is 55.4 Å². The number of rotatable bonds is 4. The summed E-state index contributed by atoms with van der Waals surface area (Å²) in [5.74, 6) is 0.630. The Hall–Kier alpha value is -2.37. The predicted molar refractivity (Wildman–Crippen MR) is 69.4 cm³/mol. The van der Waals surface area contributed by atoms with Crippen LogP contribution in [0.3, 0.4) is 0 Å². The molecule has 6 heteroatoms. The highest BCUT2D eigenvalue weighted by atomic mass is 16.2. The van der Waals surface area contributed by atoms with Crippen LogP contribution >= 0.6 is 0 Å². The minimum Gasteiger partial charge on any atom is -0.373 e. The van der Waals surface area contributed by atoms with Gasteiger partial charge >= 0.3 is 0 Å². The molecule has 2 aromatic rings. The average molecular weight is 245 g/mol. The van der Waals surface area contributed by atoms with Gasteiger partial charge in [0.2, 0.25) is 5.91 Å². The maximum absolute atomic E-state index is 11.9. The van der Waals surface area contributed by atoms with Gasteiger partial charge in [0.25, 0.3) is 0 Å². The van der Waals surface area contributed by atoms with Crippen LogP contribution < -0.4 is 10.6 Å². The zero-order chi connectivity index (χ0) is 13.0. The first kappa shape index (κ1) is 12.1. The second-order valence-corrected chi connectivity index (χ2v) is 3.83. The molecule has 0 aliphatic heterocycles. The molecular formula is C12H15N5O. The third kappa shape index (κ3) is 2.65. The van der Waals surface area contributed by atoms with Gasteiger partial charge in [-0.25, -0.2) is 4.98 Å². The van der Waals surface area contributed by atoms with Crippen LogP contribution in [0, 0.1) is 0 Å². The van der Waals surface area contributed by atoms with Crippen LogP contribution in [-0.2, 0) is 4.79 Å². The van der Waals surface area contributed by atoms with E-state index in [0.717, 1.165) is 5.82 Å². The van der Waals surface area contributed by atoms with Gasteiger partial charge in [-0.3, -0.25) is 9.48 Å². The smallest absolute Gasteiger partial charge is 0.248 e. The zero-order valence-corrected chi connectivity index (χ0v) is 10.3. The van der Waals surface area contributed by atoms with E-state index in [9.17, 15) is 4.79 Å². The summed E-state index contributed by atoms with van der Waals surface area (Å²) in [5.41, 5.74) is 0.665. The molecule has 94 valence electrons. The Morgan fingerprint density at radius 1 is 1.44 bits per heavy atom. The molecule has 2 aromatic heterocycles. The van der Waals surface area contributed by atoms with Gasteiger partial charge in [-0.2, -0.15) is 5.10 Å². The molecule has 0 aromatic carbocycles. The number of aromatic nitrogens is 3. The van der Waals surface area contributed by atoms with Crippen molar-refractivity contribution in [1.82, 2.24) is 14.8 Å². The second kappa shape index (κ2) is 5.31. The van der Waals surface area contributed by atoms with Crippen molar-refractivity contribution in [3.63, 3.8) is 0 Å². The largest absolute Gasteiger partial charge is 0.373 e. The molecule has 0 radical (unpaired) electrons. The summed E-state index contributed by atoms with van der Waals surface area (Å²) in [6, 6.07) is 5.03. The highest BCUT2D eigenvalue weighted by Crippen LogP contribution is 2.12. The first-order valence-electron chi connectivity index (χ1n) is 5.64. The zero-order valence-electron chi connectivity index (χ0n) is 10.3. The van der Waals surface area contributed by atoms with Crippen molar-refractivity contribution in [3.05, 3.63) is 36.8 Å². The van der Waals surface area contributed by atoms with E-state index >= 15 is 0 Å². The lowest BCUT2D eigenvalue weighted by Crippen LogP contribution is -2.24. The lowest BCUT2D eigenvalue weighted by molar-refractivity contribution is -0.119. The summed E-state index contributed by atoms with van der Waals surface area (Å²) in [5, 5.41) is 9.74. The van der Waals surface area contributed by atoms with Gasteiger partial charge in [0.1, 0.15) is 11.9 Å². The number of carbonyl (C=O) groups is 1. The van der Waals surface area contributed by atoms with E-state index in [0.29, 0.717) is 5.69 Å². The lowest BCUT2D eigenvalue weighted by Gasteiger charge is -2.12. The minimum absolute atomic E-state index is 0.127. The van der Waals surface area contributed by atoms with Crippen LogP contribution in [0.2, 0.25) is 0 Å². The fourth-order valence-corrected chi connectivity index (χ4v) is 1.49. The molecule has 6 nitrogen and oxygen atoms in total. The third-order valence-corrected chi connectivity index (χ3v) is 2.59. The van der Waals surface area contributed by atoms with Gasteiger partial charge in [-0.05, 0) is 25.1 Å². The summed E-state index contributed by atoms with van der Waals surface area (Å²) in [7, 11) is 1.79. The van der Waals surface area contributed by atoms with Crippen LogP contribution in [-0.4, -0.2) is 27.7 Å². The first-order chi connectivity index (χ1) is 8.70. The molecule has 1 unspecified atom stereocenters. The topological polar surface area (TPSA) is 71.8 Å². The van der Waals surface area contributed by atoms with Crippen molar-refractivity contribution in [2.75, 3.05) is 17.7 Å². The molecular weight excluding hydrogens is 230 g/mol. The summed E-state index contributed by atoms with van der Waals surface area (Å²) in [4.78, 5) is 16.1. The molecule has 1 atom stereocenters. The summed E-state index contributed by atoms with van der Waals surface area (Å²) < 4.78 is 1.60. The van der Waals surface area contributed by atoms with E-state index in [4.69, 9.17) is 0 Å². The fourth-order valence-electron chi connectivity index (χ4n) is 1.49. The van der Waals surface area contributed by atoms with Crippen molar-refractivity contribution in [2.24, 2.45) is 0 Å². The Morgan fingerprint density at radius 2 is 2.28 bits per heavy atom. The molecule has 1 amide bonds. The van der Waals surface area contributed by atoms with Crippen LogP contribution in [0.1, 0.15) is 13.0 Å². The average Bonchev–Trinajstić information content (AvgIpc) is 2.92. The highest BCUT2D eigenvalue weighted by molar-refractivity contribution is 5.93. The number of nitrogens with one attached hydrogen (secondary N) is 2. The predicted octanol–water partition coefficient (Wildman–Crippen LogP) is 1.52. The van der Waals surface area contributed by atoms with Gasteiger partial charge in [0, 0.05) is 19.4 Å². The number of pyridine rings is 1. The van der Waals surface area contributed by atoms with Gasteiger partial charge < -0.3 is 10.6 Å². The molecule has 0 aliphatic rings. The van der Waals surface area contributed by atoms with Crippen LogP contribution in [0.25, 0.3) is 0 Å². The Bertz CT molecular complexity index is 506. The van der Waals surface area contributed by atoms with Crippen molar-refractivity contribution >= 4 is 17.4 Å². The highest BCUT2D eigenvalue weighted by Gasteiger charge is 2.14. The summed E-state index contributed by atoms with van der Waals surface area (Å²) in [6.07, 6.45) is 5.01. The van der Waals surface area contributed by atoms with Gasteiger partial charge in [0.15, 0.2) is 0 Å². The molecule has 0 saturated carbocycles.